The van der Waals surface area contributed by atoms with Crippen LogP contribution >= 0.6 is 0 Å². The molecule has 7 heteroatoms. The smallest absolute Gasteiger partial charge is 0.225 e. The van der Waals surface area contributed by atoms with E-state index in [4.69, 9.17) is 4.74 Å². The zero-order valence-corrected chi connectivity index (χ0v) is 19.8. The Labute approximate surface area is 195 Å². The van der Waals surface area contributed by atoms with Crippen molar-refractivity contribution in [2.45, 2.75) is 58.5 Å². The standard InChI is InChI=1S/C26H32N4O3/c1-17-4-5-23-21(14-17)22(31)16-26(33-23)8-12-29(13-9-26)24(32)20-6-10-30(11-7-20)25-27-18(2)15-19(3)28-25/h4-5,14-15,20H,6-13,16H2,1-3H3. The van der Waals surface area contributed by atoms with E-state index in [1.54, 1.807) is 0 Å². The fraction of sp³-hybridized carbons (Fsp3) is 0.538. The van der Waals surface area contributed by atoms with Crippen LogP contribution in [0.1, 0.15) is 59.4 Å². The van der Waals surface area contributed by atoms with Gasteiger partial charge in [0.05, 0.1) is 12.0 Å². The van der Waals surface area contributed by atoms with Gasteiger partial charge in [0.25, 0.3) is 0 Å². The van der Waals surface area contributed by atoms with Crippen LogP contribution in [0.5, 0.6) is 5.75 Å². The lowest BCUT2D eigenvalue weighted by Gasteiger charge is -2.45. The highest BCUT2D eigenvalue weighted by Gasteiger charge is 2.44. The van der Waals surface area contributed by atoms with E-state index >= 15 is 0 Å². The Morgan fingerprint density at radius 1 is 1.00 bits per heavy atom. The molecule has 0 unspecified atom stereocenters. The number of anilines is 1. The fourth-order valence-electron chi connectivity index (χ4n) is 5.45. The first-order valence-electron chi connectivity index (χ1n) is 12.0. The summed E-state index contributed by atoms with van der Waals surface area (Å²) in [5.41, 5.74) is 3.23. The number of ketones is 1. The maximum Gasteiger partial charge on any atom is 0.225 e. The van der Waals surface area contributed by atoms with Gasteiger partial charge in [0.15, 0.2) is 5.78 Å². The number of piperidine rings is 2. The number of fused-ring (bicyclic) bond motifs is 1. The summed E-state index contributed by atoms with van der Waals surface area (Å²) in [6.45, 7) is 8.85. The molecule has 174 valence electrons. The van der Waals surface area contributed by atoms with Crippen molar-refractivity contribution in [3.63, 3.8) is 0 Å². The first-order chi connectivity index (χ1) is 15.8. The summed E-state index contributed by atoms with van der Waals surface area (Å²) in [5, 5.41) is 0. The largest absolute Gasteiger partial charge is 0.486 e. The number of nitrogens with zero attached hydrogens (tertiary/aromatic N) is 4. The van der Waals surface area contributed by atoms with Gasteiger partial charge in [-0.15, -0.1) is 0 Å². The van der Waals surface area contributed by atoms with E-state index < -0.39 is 5.60 Å². The SMILES string of the molecule is Cc1ccc2c(c1)C(=O)CC1(CCN(C(=O)C3CCN(c4nc(C)cc(C)n4)CC3)CC1)O2. The number of carbonyl (C=O) groups excluding carboxylic acids is 2. The molecule has 0 saturated carbocycles. The molecular weight excluding hydrogens is 416 g/mol. The van der Waals surface area contributed by atoms with Gasteiger partial charge in [0.2, 0.25) is 11.9 Å². The molecule has 2 aromatic rings. The quantitative estimate of drug-likeness (QED) is 0.698. The number of hydrogen-bond acceptors (Lipinski definition) is 6. The van der Waals surface area contributed by atoms with Crippen molar-refractivity contribution in [3.8, 4) is 5.75 Å². The number of aromatic nitrogens is 2. The minimum atomic E-state index is -0.472. The van der Waals surface area contributed by atoms with Crippen molar-refractivity contribution >= 4 is 17.6 Å². The number of likely N-dealkylation sites (tertiary alicyclic amines) is 1. The second-order valence-corrected chi connectivity index (χ2v) is 9.92. The van der Waals surface area contributed by atoms with Gasteiger partial charge in [0.1, 0.15) is 11.4 Å². The average molecular weight is 449 g/mol. The van der Waals surface area contributed by atoms with Gasteiger partial charge in [-0.3, -0.25) is 9.59 Å². The first-order valence-corrected chi connectivity index (χ1v) is 12.0. The normalized spacial score (nSPS) is 20.5. The van der Waals surface area contributed by atoms with E-state index in [9.17, 15) is 9.59 Å². The summed E-state index contributed by atoms with van der Waals surface area (Å²) in [5.74, 6) is 1.90. The third-order valence-electron chi connectivity index (χ3n) is 7.33. The van der Waals surface area contributed by atoms with Crippen molar-refractivity contribution in [2.75, 3.05) is 31.1 Å². The Hall–Kier alpha value is -2.96. The van der Waals surface area contributed by atoms with Crippen molar-refractivity contribution in [3.05, 3.63) is 46.8 Å². The number of benzene rings is 1. The third kappa shape index (κ3) is 4.33. The molecule has 33 heavy (non-hydrogen) atoms. The number of Topliss-reactive ketones (excluding diaryl/α,β-unsaturated/α-hetero) is 1. The zero-order chi connectivity index (χ0) is 23.2. The lowest BCUT2D eigenvalue weighted by atomic mass is 9.81. The molecule has 1 amide bonds. The number of amides is 1. The van der Waals surface area contributed by atoms with Crippen molar-refractivity contribution in [1.82, 2.24) is 14.9 Å². The Kier molecular flexibility index (Phi) is 5.59. The average Bonchev–Trinajstić information content (AvgIpc) is 2.79. The van der Waals surface area contributed by atoms with Crippen LogP contribution in [0.3, 0.4) is 0 Å². The number of aryl methyl sites for hydroxylation is 3. The molecule has 0 atom stereocenters. The lowest BCUT2D eigenvalue weighted by Crippen LogP contribution is -2.53. The van der Waals surface area contributed by atoms with Gasteiger partial charge in [0, 0.05) is 56.3 Å². The first kappa shape index (κ1) is 21.9. The third-order valence-corrected chi connectivity index (χ3v) is 7.33. The molecule has 2 fully saturated rings. The molecule has 3 aliphatic heterocycles. The lowest BCUT2D eigenvalue weighted by molar-refractivity contribution is -0.139. The van der Waals surface area contributed by atoms with Crippen LogP contribution in [0.4, 0.5) is 5.95 Å². The van der Waals surface area contributed by atoms with E-state index in [1.807, 2.05) is 49.9 Å². The minimum absolute atomic E-state index is 0.0406. The van der Waals surface area contributed by atoms with Crippen molar-refractivity contribution in [1.29, 1.82) is 0 Å². The van der Waals surface area contributed by atoms with E-state index in [0.717, 1.165) is 48.8 Å². The van der Waals surface area contributed by atoms with Gasteiger partial charge in [-0.2, -0.15) is 0 Å². The van der Waals surface area contributed by atoms with Crippen LogP contribution < -0.4 is 9.64 Å². The molecule has 2 saturated heterocycles. The van der Waals surface area contributed by atoms with Crippen LogP contribution in [-0.2, 0) is 4.79 Å². The second kappa shape index (κ2) is 8.43. The molecule has 0 N–H and O–H groups in total. The molecule has 1 spiro atoms. The van der Waals surface area contributed by atoms with Crippen LogP contribution in [0, 0.1) is 26.7 Å². The summed E-state index contributed by atoms with van der Waals surface area (Å²) in [6.07, 6.45) is 3.44. The summed E-state index contributed by atoms with van der Waals surface area (Å²) in [7, 11) is 0. The minimum Gasteiger partial charge on any atom is -0.486 e. The summed E-state index contributed by atoms with van der Waals surface area (Å²) < 4.78 is 6.36. The van der Waals surface area contributed by atoms with Gasteiger partial charge >= 0.3 is 0 Å². The van der Waals surface area contributed by atoms with E-state index in [2.05, 4.69) is 14.9 Å². The summed E-state index contributed by atoms with van der Waals surface area (Å²) in [4.78, 5) is 39.3. The molecule has 1 aromatic carbocycles. The van der Waals surface area contributed by atoms with Crippen LogP contribution in [0.15, 0.2) is 24.3 Å². The van der Waals surface area contributed by atoms with E-state index in [1.165, 1.54) is 0 Å². The number of hydrogen-bond donors (Lipinski definition) is 0. The topological polar surface area (TPSA) is 75.6 Å². The zero-order valence-electron chi connectivity index (χ0n) is 19.8. The molecular formula is C26H32N4O3. The molecule has 0 bridgehead atoms. The van der Waals surface area contributed by atoms with E-state index in [0.29, 0.717) is 43.7 Å². The molecule has 5 rings (SSSR count). The molecule has 7 nitrogen and oxygen atoms in total. The number of ether oxygens (including phenoxy) is 1. The molecule has 3 aliphatic rings. The Morgan fingerprint density at radius 3 is 2.33 bits per heavy atom. The van der Waals surface area contributed by atoms with Gasteiger partial charge in [-0.05, 0) is 51.8 Å². The van der Waals surface area contributed by atoms with Crippen LogP contribution in [-0.4, -0.2) is 58.3 Å². The Bertz CT molecular complexity index is 1060. The van der Waals surface area contributed by atoms with E-state index in [-0.39, 0.29) is 17.6 Å². The van der Waals surface area contributed by atoms with Crippen molar-refractivity contribution in [2.24, 2.45) is 5.92 Å². The Balaban J connectivity index is 1.18. The second-order valence-electron chi connectivity index (χ2n) is 9.92. The van der Waals surface area contributed by atoms with Gasteiger partial charge in [-0.1, -0.05) is 11.6 Å². The molecule has 1 aromatic heterocycles. The van der Waals surface area contributed by atoms with Crippen LogP contribution in [0.2, 0.25) is 0 Å². The number of rotatable bonds is 2. The van der Waals surface area contributed by atoms with Crippen molar-refractivity contribution < 1.29 is 14.3 Å². The predicted molar refractivity (Wildman–Crippen MR) is 126 cm³/mol. The van der Waals surface area contributed by atoms with Gasteiger partial charge < -0.3 is 14.5 Å². The summed E-state index contributed by atoms with van der Waals surface area (Å²) in [6, 6.07) is 7.79. The number of carbonyl (C=O) groups is 2. The predicted octanol–water partition coefficient (Wildman–Crippen LogP) is 3.64. The highest BCUT2D eigenvalue weighted by molar-refractivity contribution is 6.00. The van der Waals surface area contributed by atoms with Gasteiger partial charge in [-0.25, -0.2) is 9.97 Å². The van der Waals surface area contributed by atoms with Crippen LogP contribution in [0.25, 0.3) is 0 Å². The Morgan fingerprint density at radius 2 is 1.67 bits per heavy atom. The maximum atomic E-state index is 13.2. The molecule has 4 heterocycles. The molecule has 0 radical (unpaired) electrons. The maximum absolute atomic E-state index is 13.2. The highest BCUT2D eigenvalue weighted by atomic mass is 16.5. The highest BCUT2D eigenvalue weighted by Crippen LogP contribution is 2.40. The monoisotopic (exact) mass is 448 g/mol. The summed E-state index contributed by atoms with van der Waals surface area (Å²) >= 11 is 0. The molecule has 0 aliphatic carbocycles. The fourth-order valence-corrected chi connectivity index (χ4v) is 5.45.